The van der Waals surface area contributed by atoms with E-state index in [-0.39, 0.29) is 29.8 Å². The predicted octanol–water partition coefficient (Wildman–Crippen LogP) is -0.441. The lowest BCUT2D eigenvalue weighted by molar-refractivity contribution is -0.124. The van der Waals surface area contributed by atoms with Crippen molar-refractivity contribution in [3.8, 4) is 0 Å². The highest BCUT2D eigenvalue weighted by atomic mass is 32.2. The molecule has 3 rings (SSSR count). The van der Waals surface area contributed by atoms with E-state index >= 15 is 0 Å². The van der Waals surface area contributed by atoms with Crippen molar-refractivity contribution >= 4 is 27.8 Å². The van der Waals surface area contributed by atoms with Crippen molar-refractivity contribution in [2.45, 2.75) is 19.0 Å². The third-order valence-electron chi connectivity index (χ3n) is 3.78. The van der Waals surface area contributed by atoms with Crippen molar-refractivity contribution in [2.24, 2.45) is 0 Å². The molecular formula is C13H12N2O6S. The van der Waals surface area contributed by atoms with Gasteiger partial charge >= 0.3 is 5.97 Å². The van der Waals surface area contributed by atoms with Gasteiger partial charge in [0.25, 0.3) is 11.8 Å². The summed E-state index contributed by atoms with van der Waals surface area (Å²) in [5.74, 6) is -2.57. The second-order valence-electron chi connectivity index (χ2n) is 5.20. The number of rotatable bonds is 2. The van der Waals surface area contributed by atoms with Gasteiger partial charge in [0.1, 0.15) is 6.04 Å². The van der Waals surface area contributed by atoms with E-state index in [9.17, 15) is 22.8 Å². The molecule has 1 aromatic carbocycles. The van der Waals surface area contributed by atoms with Gasteiger partial charge in [0, 0.05) is 12.1 Å². The number of aromatic carboxylic acids is 1. The molecule has 1 atom stereocenters. The standard InChI is InChI=1S/C13H12N2O6S/c16-11-10(3-4-22(20,21)14-11)15-6-8-2-1-7(13(18)19)5-9(8)12(15)17/h1-2,5,10H,3-4,6H2,(H,14,16)(H,18,19). The Hall–Kier alpha value is -2.42. The predicted molar refractivity (Wildman–Crippen MR) is 73.6 cm³/mol. The Kier molecular flexibility index (Phi) is 3.17. The van der Waals surface area contributed by atoms with E-state index in [4.69, 9.17) is 5.11 Å². The fourth-order valence-electron chi connectivity index (χ4n) is 2.68. The number of amides is 2. The van der Waals surface area contributed by atoms with Crippen LogP contribution in [0, 0.1) is 0 Å². The van der Waals surface area contributed by atoms with Crippen LogP contribution in [0.3, 0.4) is 0 Å². The Morgan fingerprint density at radius 2 is 2.05 bits per heavy atom. The van der Waals surface area contributed by atoms with Gasteiger partial charge in [-0.1, -0.05) is 6.07 Å². The van der Waals surface area contributed by atoms with E-state index in [1.54, 1.807) is 0 Å². The lowest BCUT2D eigenvalue weighted by Crippen LogP contribution is -2.53. The molecule has 0 saturated carbocycles. The molecule has 2 aliphatic heterocycles. The van der Waals surface area contributed by atoms with Crippen molar-refractivity contribution in [3.05, 3.63) is 34.9 Å². The molecule has 0 bridgehead atoms. The van der Waals surface area contributed by atoms with Gasteiger partial charge in [0.05, 0.1) is 11.3 Å². The van der Waals surface area contributed by atoms with Gasteiger partial charge in [0.15, 0.2) is 0 Å². The molecular weight excluding hydrogens is 312 g/mol. The lowest BCUT2D eigenvalue weighted by Gasteiger charge is -2.29. The van der Waals surface area contributed by atoms with Crippen molar-refractivity contribution < 1.29 is 27.9 Å². The van der Waals surface area contributed by atoms with Crippen molar-refractivity contribution in [2.75, 3.05) is 5.75 Å². The van der Waals surface area contributed by atoms with Crippen LogP contribution >= 0.6 is 0 Å². The van der Waals surface area contributed by atoms with Gasteiger partial charge in [0.2, 0.25) is 10.0 Å². The number of sulfonamides is 1. The van der Waals surface area contributed by atoms with Crippen LogP contribution in [-0.2, 0) is 21.4 Å². The fourth-order valence-corrected chi connectivity index (χ4v) is 3.75. The molecule has 22 heavy (non-hydrogen) atoms. The summed E-state index contributed by atoms with van der Waals surface area (Å²) in [5, 5.41) is 8.96. The van der Waals surface area contributed by atoms with Crippen LogP contribution in [0.4, 0.5) is 0 Å². The first kappa shape index (κ1) is 14.5. The number of benzene rings is 1. The summed E-state index contributed by atoms with van der Waals surface area (Å²) in [4.78, 5) is 36.5. The summed E-state index contributed by atoms with van der Waals surface area (Å²) in [5.41, 5.74) is 0.849. The molecule has 2 amide bonds. The molecule has 1 fully saturated rings. The lowest BCUT2D eigenvalue weighted by atomic mass is 10.1. The normalized spacial score (nSPS) is 23.1. The maximum Gasteiger partial charge on any atom is 0.335 e. The minimum absolute atomic E-state index is 0.00961. The average Bonchev–Trinajstić information content (AvgIpc) is 2.74. The summed E-state index contributed by atoms with van der Waals surface area (Å²) in [6.07, 6.45) is 0.0275. The Morgan fingerprint density at radius 1 is 1.32 bits per heavy atom. The molecule has 0 aliphatic carbocycles. The second kappa shape index (κ2) is 4.80. The van der Waals surface area contributed by atoms with Crippen LogP contribution in [0.15, 0.2) is 18.2 Å². The van der Waals surface area contributed by atoms with E-state index in [2.05, 4.69) is 0 Å². The highest BCUT2D eigenvalue weighted by Crippen LogP contribution is 2.28. The minimum Gasteiger partial charge on any atom is -0.478 e. The van der Waals surface area contributed by atoms with Gasteiger partial charge in [-0.15, -0.1) is 0 Å². The smallest absolute Gasteiger partial charge is 0.335 e. The number of fused-ring (bicyclic) bond motifs is 1. The topological polar surface area (TPSA) is 121 Å². The van der Waals surface area contributed by atoms with E-state index in [1.165, 1.54) is 23.1 Å². The van der Waals surface area contributed by atoms with Gasteiger partial charge in [-0.25, -0.2) is 13.2 Å². The molecule has 1 aromatic rings. The molecule has 0 spiro atoms. The van der Waals surface area contributed by atoms with Crippen LogP contribution in [0.25, 0.3) is 0 Å². The number of carbonyl (C=O) groups excluding carboxylic acids is 2. The zero-order chi connectivity index (χ0) is 16.1. The summed E-state index contributed by atoms with van der Waals surface area (Å²) >= 11 is 0. The first-order valence-electron chi connectivity index (χ1n) is 6.50. The van der Waals surface area contributed by atoms with Crippen molar-refractivity contribution in [1.29, 1.82) is 0 Å². The fraction of sp³-hybridized carbons (Fsp3) is 0.308. The number of carboxylic acids is 1. The summed E-state index contributed by atoms with van der Waals surface area (Å²) < 4.78 is 24.6. The Bertz CT molecular complexity index is 801. The molecule has 1 unspecified atom stereocenters. The van der Waals surface area contributed by atoms with E-state index < -0.39 is 33.8 Å². The number of hydrogen-bond donors (Lipinski definition) is 2. The van der Waals surface area contributed by atoms with Crippen LogP contribution in [0.2, 0.25) is 0 Å². The molecule has 8 nitrogen and oxygen atoms in total. The molecule has 0 aromatic heterocycles. The van der Waals surface area contributed by atoms with E-state index in [1.807, 2.05) is 4.72 Å². The molecule has 0 radical (unpaired) electrons. The van der Waals surface area contributed by atoms with E-state index in [0.29, 0.717) is 5.56 Å². The molecule has 2 N–H and O–H groups in total. The third kappa shape index (κ3) is 2.33. The van der Waals surface area contributed by atoms with Gasteiger partial charge in [-0.3, -0.25) is 14.3 Å². The maximum atomic E-state index is 12.4. The Labute approximate surface area is 125 Å². The maximum absolute atomic E-state index is 12.4. The first-order valence-corrected chi connectivity index (χ1v) is 8.15. The number of carbonyl (C=O) groups is 3. The SMILES string of the molecule is O=C(O)c1ccc2c(c1)C(=O)N(C1CCS(=O)(=O)NC1=O)C2. The van der Waals surface area contributed by atoms with E-state index in [0.717, 1.165) is 0 Å². The highest BCUT2D eigenvalue weighted by Gasteiger charge is 2.40. The van der Waals surface area contributed by atoms with Crippen LogP contribution in [0.5, 0.6) is 0 Å². The summed E-state index contributed by atoms with van der Waals surface area (Å²) in [6, 6.07) is 3.34. The summed E-state index contributed by atoms with van der Waals surface area (Å²) in [6.45, 7) is 0.159. The molecule has 2 aliphatic rings. The molecule has 9 heteroatoms. The van der Waals surface area contributed by atoms with Crippen molar-refractivity contribution in [3.63, 3.8) is 0 Å². The van der Waals surface area contributed by atoms with Crippen molar-refractivity contribution in [1.82, 2.24) is 9.62 Å². The van der Waals surface area contributed by atoms with Gasteiger partial charge in [-0.05, 0) is 24.1 Å². The van der Waals surface area contributed by atoms with Gasteiger partial charge < -0.3 is 10.0 Å². The zero-order valence-electron chi connectivity index (χ0n) is 11.3. The van der Waals surface area contributed by atoms with Crippen LogP contribution in [0.1, 0.15) is 32.7 Å². The second-order valence-corrected chi connectivity index (χ2v) is 7.04. The minimum atomic E-state index is -3.61. The first-order chi connectivity index (χ1) is 10.3. The number of carboxylic acid groups (broad SMARTS) is 1. The molecule has 2 heterocycles. The van der Waals surface area contributed by atoms with Crippen LogP contribution < -0.4 is 4.72 Å². The van der Waals surface area contributed by atoms with Gasteiger partial charge in [-0.2, -0.15) is 0 Å². The quantitative estimate of drug-likeness (QED) is 0.761. The zero-order valence-corrected chi connectivity index (χ0v) is 12.1. The number of hydrogen-bond acceptors (Lipinski definition) is 5. The average molecular weight is 324 g/mol. The highest BCUT2D eigenvalue weighted by molar-refractivity contribution is 7.90. The number of nitrogens with zero attached hydrogens (tertiary/aromatic N) is 1. The molecule has 116 valence electrons. The van der Waals surface area contributed by atoms with Crippen LogP contribution in [-0.4, -0.2) is 48.0 Å². The third-order valence-corrected chi connectivity index (χ3v) is 5.07. The largest absolute Gasteiger partial charge is 0.478 e. The summed E-state index contributed by atoms with van der Waals surface area (Å²) in [7, 11) is -3.61. The number of nitrogens with one attached hydrogen (secondary N) is 1. The monoisotopic (exact) mass is 324 g/mol. The Balaban J connectivity index is 1.88. The Morgan fingerprint density at radius 3 is 2.68 bits per heavy atom. The molecule has 1 saturated heterocycles.